The lowest BCUT2D eigenvalue weighted by molar-refractivity contribution is 0.717. The van der Waals surface area contributed by atoms with E-state index in [0.717, 1.165) is 0 Å². The van der Waals surface area contributed by atoms with Gasteiger partial charge < -0.3 is 4.98 Å². The van der Waals surface area contributed by atoms with Gasteiger partial charge in [-0.05, 0) is 13.0 Å². The molecule has 4 heteroatoms. The predicted octanol–water partition coefficient (Wildman–Crippen LogP) is 0.744. The molecule has 0 aliphatic carbocycles. The minimum atomic E-state index is 0.0174. The number of hydrogen-bond donors (Lipinski definition) is 1. The van der Waals surface area contributed by atoms with Crippen molar-refractivity contribution in [3.8, 4) is 0 Å². The van der Waals surface area contributed by atoms with Gasteiger partial charge in [-0.1, -0.05) is 0 Å². The highest BCUT2D eigenvalue weighted by Gasteiger charge is 2.01. The maximum Gasteiger partial charge on any atom is 0.262 e. The fraction of sp³-hybridized carbons (Fsp3) is 0.250. The first-order chi connectivity index (χ1) is 5.83. The molecular formula is C8H9N3O. The van der Waals surface area contributed by atoms with Gasteiger partial charge in [-0.3, -0.25) is 9.36 Å². The Morgan fingerprint density at radius 1 is 1.67 bits per heavy atom. The van der Waals surface area contributed by atoms with E-state index in [1.54, 1.807) is 23.2 Å². The lowest BCUT2D eigenvalue weighted by atomic mass is 10.4. The number of aryl methyl sites for hydroxylation is 1. The summed E-state index contributed by atoms with van der Waals surface area (Å²) in [6.45, 7) is 2.58. The van der Waals surface area contributed by atoms with Gasteiger partial charge in [-0.25, -0.2) is 4.98 Å². The van der Waals surface area contributed by atoms with Crippen LogP contribution in [0.2, 0.25) is 0 Å². The van der Waals surface area contributed by atoms with Crippen molar-refractivity contribution in [2.24, 2.45) is 0 Å². The van der Waals surface area contributed by atoms with Crippen molar-refractivity contribution in [1.29, 1.82) is 0 Å². The van der Waals surface area contributed by atoms with E-state index in [9.17, 15) is 4.79 Å². The number of nitrogens with one attached hydrogen (secondary N) is 1. The van der Waals surface area contributed by atoms with Crippen LogP contribution in [-0.2, 0) is 6.54 Å². The smallest absolute Gasteiger partial charge is 0.262 e. The molecule has 0 saturated heterocycles. The maximum atomic E-state index is 11.5. The molecule has 62 valence electrons. The van der Waals surface area contributed by atoms with Crippen LogP contribution in [0.25, 0.3) is 11.0 Å². The van der Waals surface area contributed by atoms with Crippen molar-refractivity contribution in [2.45, 2.75) is 13.5 Å². The molecule has 0 bridgehead atoms. The molecule has 0 radical (unpaired) electrons. The van der Waals surface area contributed by atoms with Gasteiger partial charge in [0.1, 0.15) is 5.65 Å². The summed E-state index contributed by atoms with van der Waals surface area (Å²) in [5, 5.41) is 0.652. The number of aromatic nitrogens is 3. The highest BCUT2D eigenvalue weighted by Crippen LogP contribution is 2.01. The molecule has 0 aliphatic rings. The second kappa shape index (κ2) is 2.48. The van der Waals surface area contributed by atoms with Crippen LogP contribution < -0.4 is 5.56 Å². The first-order valence-electron chi connectivity index (χ1n) is 3.85. The highest BCUT2D eigenvalue weighted by molar-refractivity contribution is 5.73. The maximum absolute atomic E-state index is 11.5. The Morgan fingerprint density at radius 2 is 2.50 bits per heavy atom. The molecule has 1 N–H and O–H groups in total. The molecule has 0 spiro atoms. The summed E-state index contributed by atoms with van der Waals surface area (Å²) >= 11 is 0. The molecule has 2 aromatic rings. The van der Waals surface area contributed by atoms with Crippen LogP contribution >= 0.6 is 0 Å². The zero-order valence-corrected chi connectivity index (χ0v) is 6.74. The Kier molecular flexibility index (Phi) is 1.46. The predicted molar refractivity (Wildman–Crippen MR) is 46.0 cm³/mol. The molecule has 0 amide bonds. The van der Waals surface area contributed by atoms with Crippen molar-refractivity contribution >= 4 is 11.0 Å². The van der Waals surface area contributed by atoms with Gasteiger partial charge in [0.15, 0.2) is 0 Å². The van der Waals surface area contributed by atoms with E-state index in [4.69, 9.17) is 0 Å². The summed E-state index contributed by atoms with van der Waals surface area (Å²) in [5.41, 5.74) is 0.674. The van der Waals surface area contributed by atoms with Crippen molar-refractivity contribution in [2.75, 3.05) is 0 Å². The van der Waals surface area contributed by atoms with Crippen LogP contribution in [0.4, 0.5) is 0 Å². The summed E-state index contributed by atoms with van der Waals surface area (Å²) < 4.78 is 1.58. The summed E-state index contributed by atoms with van der Waals surface area (Å²) in [5.74, 6) is 0. The van der Waals surface area contributed by atoms with E-state index in [1.807, 2.05) is 6.92 Å². The number of aromatic amines is 1. The summed E-state index contributed by atoms with van der Waals surface area (Å²) in [6.07, 6.45) is 3.28. The summed E-state index contributed by atoms with van der Waals surface area (Å²) in [7, 11) is 0. The van der Waals surface area contributed by atoms with Gasteiger partial charge in [0, 0.05) is 12.7 Å². The minimum Gasteiger partial charge on any atom is -0.346 e. The average Bonchev–Trinajstić information content (AvgIpc) is 2.53. The molecule has 0 unspecified atom stereocenters. The second-order valence-electron chi connectivity index (χ2n) is 2.58. The largest absolute Gasteiger partial charge is 0.346 e. The molecule has 2 aromatic heterocycles. The normalized spacial score (nSPS) is 10.8. The molecule has 0 atom stereocenters. The quantitative estimate of drug-likeness (QED) is 0.674. The van der Waals surface area contributed by atoms with Crippen LogP contribution in [0.3, 0.4) is 0 Å². The Bertz CT molecular complexity index is 455. The summed E-state index contributed by atoms with van der Waals surface area (Å²) in [4.78, 5) is 18.5. The van der Waals surface area contributed by atoms with E-state index >= 15 is 0 Å². The molecular weight excluding hydrogens is 154 g/mol. The molecule has 0 aliphatic heterocycles. The SMILES string of the molecule is CCn1cnc2[nH]ccc2c1=O. The van der Waals surface area contributed by atoms with E-state index in [2.05, 4.69) is 9.97 Å². The van der Waals surface area contributed by atoms with Gasteiger partial charge >= 0.3 is 0 Å². The topological polar surface area (TPSA) is 50.7 Å². The number of rotatable bonds is 1. The van der Waals surface area contributed by atoms with E-state index < -0.39 is 0 Å². The molecule has 4 nitrogen and oxygen atoms in total. The fourth-order valence-corrected chi connectivity index (χ4v) is 1.20. The Morgan fingerprint density at radius 3 is 3.25 bits per heavy atom. The third kappa shape index (κ3) is 0.845. The molecule has 0 saturated carbocycles. The Labute approximate surface area is 68.9 Å². The number of fused-ring (bicyclic) bond motifs is 1. The highest BCUT2D eigenvalue weighted by atomic mass is 16.1. The van der Waals surface area contributed by atoms with Crippen LogP contribution in [-0.4, -0.2) is 14.5 Å². The van der Waals surface area contributed by atoms with Gasteiger partial charge in [0.2, 0.25) is 0 Å². The van der Waals surface area contributed by atoms with Gasteiger partial charge in [-0.15, -0.1) is 0 Å². The van der Waals surface area contributed by atoms with Gasteiger partial charge in [0.25, 0.3) is 5.56 Å². The van der Waals surface area contributed by atoms with Gasteiger partial charge in [-0.2, -0.15) is 0 Å². The number of hydrogen-bond acceptors (Lipinski definition) is 2. The van der Waals surface area contributed by atoms with Crippen molar-refractivity contribution < 1.29 is 0 Å². The lowest BCUT2D eigenvalue weighted by Gasteiger charge is -1.98. The monoisotopic (exact) mass is 163 g/mol. The molecule has 12 heavy (non-hydrogen) atoms. The number of H-pyrrole nitrogens is 1. The van der Waals surface area contributed by atoms with E-state index in [-0.39, 0.29) is 5.56 Å². The van der Waals surface area contributed by atoms with Crippen LogP contribution in [0, 0.1) is 0 Å². The minimum absolute atomic E-state index is 0.0174. The fourth-order valence-electron chi connectivity index (χ4n) is 1.20. The lowest BCUT2D eigenvalue weighted by Crippen LogP contribution is -2.18. The van der Waals surface area contributed by atoms with Crippen molar-refractivity contribution in [3.05, 3.63) is 28.9 Å². The first kappa shape index (κ1) is 7.09. The molecule has 0 fully saturated rings. The first-order valence-corrected chi connectivity index (χ1v) is 3.85. The number of nitrogens with zero attached hydrogens (tertiary/aromatic N) is 2. The molecule has 2 rings (SSSR count). The van der Waals surface area contributed by atoms with Crippen LogP contribution in [0.1, 0.15) is 6.92 Å². The summed E-state index contributed by atoms with van der Waals surface area (Å²) in [6, 6.07) is 1.75. The molecule has 0 aromatic carbocycles. The second-order valence-corrected chi connectivity index (χ2v) is 2.58. The van der Waals surface area contributed by atoms with Crippen molar-refractivity contribution in [3.63, 3.8) is 0 Å². The van der Waals surface area contributed by atoms with Crippen LogP contribution in [0.5, 0.6) is 0 Å². The van der Waals surface area contributed by atoms with E-state index in [0.29, 0.717) is 17.6 Å². The zero-order valence-electron chi connectivity index (χ0n) is 6.74. The standard InChI is InChI=1S/C8H9N3O/c1-2-11-5-10-7-6(8(11)12)3-4-9-7/h3-5,9H,2H2,1H3. The Hall–Kier alpha value is -1.58. The molecule has 2 heterocycles. The van der Waals surface area contributed by atoms with Crippen molar-refractivity contribution in [1.82, 2.24) is 14.5 Å². The third-order valence-corrected chi connectivity index (χ3v) is 1.88. The van der Waals surface area contributed by atoms with Gasteiger partial charge in [0.05, 0.1) is 11.7 Å². The van der Waals surface area contributed by atoms with E-state index in [1.165, 1.54) is 0 Å². The third-order valence-electron chi connectivity index (χ3n) is 1.88. The Balaban J connectivity index is 2.88. The zero-order chi connectivity index (χ0) is 8.55. The van der Waals surface area contributed by atoms with Crippen LogP contribution in [0.15, 0.2) is 23.4 Å². The average molecular weight is 163 g/mol.